The molecule has 76 heavy (non-hydrogen) atoms. The zero-order valence-corrected chi connectivity index (χ0v) is 50.1. The van der Waals surface area contributed by atoms with Crippen molar-refractivity contribution >= 4 is 93.8 Å². The molecular formula is C66H84N4O2S4. The predicted octanol–water partition coefficient (Wildman–Crippen LogP) is 21.5. The molecule has 0 saturated carbocycles. The summed E-state index contributed by atoms with van der Waals surface area (Å²) in [7, 11) is 4.15. The second-order valence-electron chi connectivity index (χ2n) is 22.3. The van der Waals surface area contributed by atoms with E-state index in [0.717, 1.165) is 63.2 Å². The van der Waals surface area contributed by atoms with Crippen LogP contribution in [0.5, 0.6) is 0 Å². The number of hydrogen-bond donors (Lipinski definition) is 0. The summed E-state index contributed by atoms with van der Waals surface area (Å²) in [6.45, 7) is 8.29. The Balaban J connectivity index is 1.18. The highest BCUT2D eigenvalue weighted by Crippen LogP contribution is 2.60. The van der Waals surface area contributed by atoms with Crippen molar-refractivity contribution in [3.63, 3.8) is 0 Å². The number of unbranched alkanes of at least 4 members (excludes halogenated alkanes) is 24. The normalized spacial score (nSPS) is 14.7. The van der Waals surface area contributed by atoms with E-state index in [1.54, 1.807) is 22.7 Å². The Hall–Kier alpha value is -4.76. The van der Waals surface area contributed by atoms with E-state index >= 15 is 4.79 Å². The molecule has 10 heteroatoms. The summed E-state index contributed by atoms with van der Waals surface area (Å²) in [5, 5.41) is 29.5. The molecule has 0 atom stereocenters. The summed E-state index contributed by atoms with van der Waals surface area (Å²) in [4.78, 5) is 23.0. The lowest BCUT2D eigenvalue weighted by Gasteiger charge is -2.37. The highest BCUT2D eigenvalue weighted by Gasteiger charge is 2.50. The number of allylic oxidation sites excluding steroid dienone is 2. The average molecular weight is 1090 g/mol. The number of hydrogen-bond acceptors (Lipinski definition) is 10. The van der Waals surface area contributed by atoms with Crippen molar-refractivity contribution in [2.45, 2.75) is 218 Å². The fourth-order valence-electron chi connectivity index (χ4n) is 11.5. The van der Waals surface area contributed by atoms with Crippen molar-refractivity contribution in [3.8, 4) is 28.0 Å². The maximum Gasteiger partial charge on any atom is 0.176 e. The minimum Gasteiger partial charge on any atom is -0.480 e. The lowest BCUT2D eigenvalue weighted by Crippen LogP contribution is -2.38. The van der Waals surface area contributed by atoms with Gasteiger partial charge in [0.1, 0.15) is 29.4 Å². The smallest absolute Gasteiger partial charge is 0.176 e. The first-order chi connectivity index (χ1) is 37.0. The Morgan fingerprint density at radius 2 is 1.03 bits per heavy atom. The van der Waals surface area contributed by atoms with Crippen LogP contribution in [0.25, 0.3) is 46.8 Å². The van der Waals surface area contributed by atoms with Gasteiger partial charge in [-0.3, -0.25) is 4.79 Å². The topological polar surface area (TPSA) is 101 Å². The Bertz CT molecular complexity index is 2920. The van der Waals surface area contributed by atoms with Gasteiger partial charge in [-0.05, 0) is 68.7 Å². The van der Waals surface area contributed by atoms with Crippen molar-refractivity contribution in [1.29, 1.82) is 15.8 Å². The molecule has 0 N–H and O–H groups in total. The predicted molar refractivity (Wildman–Crippen MR) is 330 cm³/mol. The van der Waals surface area contributed by atoms with Crippen LogP contribution in [0.15, 0.2) is 65.0 Å². The highest BCUT2D eigenvalue weighted by molar-refractivity contribution is 7.35. The SMILES string of the molecule is CCCCCCCCCCCCCCCC1(CCCCCCCCCCCCCCC)C(=O)c2c(sc3cc(/C=C/C4=C(C#N)C(=C(C#N)C#N)OC4(C)C)sc23)-c2sc3cc(/C=C/c4ccc(N(C)C)cc4)sc3c21. The zero-order valence-electron chi connectivity index (χ0n) is 46.8. The fraction of sp³-hybridized carbons (Fsp3) is 0.545. The zero-order chi connectivity index (χ0) is 53.9. The van der Waals surface area contributed by atoms with E-state index in [9.17, 15) is 15.8 Å². The molecule has 0 saturated heterocycles. The van der Waals surface area contributed by atoms with Crippen LogP contribution >= 0.6 is 45.3 Å². The number of carbonyl (C=O) groups excluding carboxylic acids is 1. The van der Waals surface area contributed by atoms with Gasteiger partial charge in [-0.1, -0.05) is 205 Å². The van der Waals surface area contributed by atoms with Gasteiger partial charge in [-0.2, -0.15) is 15.8 Å². The van der Waals surface area contributed by atoms with Gasteiger partial charge in [0, 0.05) is 50.1 Å². The summed E-state index contributed by atoms with van der Waals surface area (Å²) in [5.41, 5.74) is 3.70. The van der Waals surface area contributed by atoms with Gasteiger partial charge in [-0.25, -0.2) is 0 Å². The first kappa shape index (κ1) is 58.9. The largest absolute Gasteiger partial charge is 0.480 e. The average Bonchev–Trinajstić information content (AvgIpc) is 4.42. The molecule has 0 radical (unpaired) electrons. The van der Waals surface area contributed by atoms with Gasteiger partial charge in [0.25, 0.3) is 0 Å². The Morgan fingerprint density at radius 3 is 1.50 bits per heavy atom. The van der Waals surface area contributed by atoms with Crippen LogP contribution < -0.4 is 4.90 Å². The molecule has 1 aromatic carbocycles. The molecule has 1 aliphatic carbocycles. The Morgan fingerprint density at radius 1 is 0.579 bits per heavy atom. The molecule has 0 fully saturated rings. The molecule has 1 aliphatic heterocycles. The van der Waals surface area contributed by atoms with Gasteiger partial charge in [-0.15, -0.1) is 45.3 Å². The third-order valence-electron chi connectivity index (χ3n) is 15.9. The maximum absolute atomic E-state index is 16.2. The monoisotopic (exact) mass is 1090 g/mol. The van der Waals surface area contributed by atoms with Crippen LogP contribution in [0.1, 0.15) is 239 Å². The van der Waals surface area contributed by atoms with E-state index in [1.807, 2.05) is 60.8 Å². The van der Waals surface area contributed by atoms with E-state index in [4.69, 9.17) is 4.74 Å². The Kier molecular flexibility index (Phi) is 22.7. The van der Waals surface area contributed by atoms with Crippen LogP contribution in [0, 0.1) is 34.0 Å². The molecule has 4 aromatic heterocycles. The summed E-state index contributed by atoms with van der Waals surface area (Å²) >= 11 is 7.18. The quantitative estimate of drug-likeness (QED) is 0.0306. The van der Waals surface area contributed by atoms with Gasteiger partial charge in [0.2, 0.25) is 0 Å². The minimum absolute atomic E-state index is 0.0389. The summed E-state index contributed by atoms with van der Waals surface area (Å²) < 4.78 is 10.8. The molecule has 0 bridgehead atoms. The van der Waals surface area contributed by atoms with Crippen molar-refractivity contribution in [1.82, 2.24) is 0 Å². The molecule has 6 nitrogen and oxygen atoms in total. The van der Waals surface area contributed by atoms with Gasteiger partial charge in [0.15, 0.2) is 17.1 Å². The number of nitrogens with zero attached hydrogens (tertiary/aromatic N) is 4. The number of benzene rings is 1. The first-order valence-electron chi connectivity index (χ1n) is 29.2. The summed E-state index contributed by atoms with van der Waals surface area (Å²) in [6.07, 6.45) is 43.9. The molecule has 5 aromatic rings. The van der Waals surface area contributed by atoms with Gasteiger partial charge in [0.05, 0.1) is 30.1 Å². The molecule has 0 unspecified atom stereocenters. The number of ether oxygens (including phenoxy) is 1. The number of rotatable bonds is 33. The minimum atomic E-state index is -0.907. The Labute approximate surface area is 472 Å². The third kappa shape index (κ3) is 14.7. The van der Waals surface area contributed by atoms with Crippen LogP contribution in [-0.2, 0) is 10.2 Å². The van der Waals surface area contributed by atoms with Crippen molar-refractivity contribution in [2.75, 3.05) is 19.0 Å². The number of fused-ring (bicyclic) bond motifs is 7. The molecule has 5 heterocycles. The van der Waals surface area contributed by atoms with Crippen LogP contribution in [0.2, 0.25) is 0 Å². The number of Topliss-reactive ketones (excluding diaryl/α,β-unsaturated/α-hetero) is 1. The molecule has 0 amide bonds. The number of thiophene rings is 4. The molecule has 2 aliphatic rings. The van der Waals surface area contributed by atoms with Crippen LogP contribution in [-0.4, -0.2) is 25.5 Å². The van der Waals surface area contributed by atoms with Crippen LogP contribution in [0.3, 0.4) is 0 Å². The first-order valence-corrected chi connectivity index (χ1v) is 32.5. The molecular weight excluding hydrogens is 1010 g/mol. The van der Waals surface area contributed by atoms with Crippen molar-refractivity contribution < 1.29 is 9.53 Å². The number of ketones is 1. The van der Waals surface area contributed by atoms with E-state index in [0.29, 0.717) is 11.4 Å². The lowest BCUT2D eigenvalue weighted by atomic mass is 9.65. The number of anilines is 1. The maximum atomic E-state index is 16.2. The summed E-state index contributed by atoms with van der Waals surface area (Å²) in [5.74, 6) is 0.356. The summed E-state index contributed by atoms with van der Waals surface area (Å²) in [6, 6.07) is 19.3. The second-order valence-corrected chi connectivity index (χ2v) is 26.6. The third-order valence-corrected chi connectivity index (χ3v) is 20.8. The lowest BCUT2D eigenvalue weighted by molar-refractivity contribution is 0.0858. The highest BCUT2D eigenvalue weighted by atomic mass is 32.1. The van der Waals surface area contributed by atoms with E-state index < -0.39 is 11.0 Å². The van der Waals surface area contributed by atoms with E-state index in [2.05, 4.69) is 87.5 Å². The van der Waals surface area contributed by atoms with Crippen LogP contribution in [0.4, 0.5) is 5.69 Å². The van der Waals surface area contributed by atoms with E-state index in [1.165, 1.54) is 177 Å². The number of carbonyl (C=O) groups is 1. The van der Waals surface area contributed by atoms with Crippen molar-refractivity contribution in [2.24, 2.45) is 0 Å². The van der Waals surface area contributed by atoms with Crippen molar-refractivity contribution in [3.05, 3.63) is 91.4 Å². The number of nitriles is 3. The van der Waals surface area contributed by atoms with E-state index in [-0.39, 0.29) is 16.9 Å². The van der Waals surface area contributed by atoms with Gasteiger partial charge >= 0.3 is 0 Å². The second kappa shape index (κ2) is 29.3. The fourth-order valence-corrected chi connectivity index (χ4v) is 16.9. The molecule has 404 valence electrons. The molecule has 7 rings (SSSR count). The molecule has 0 spiro atoms. The van der Waals surface area contributed by atoms with Gasteiger partial charge < -0.3 is 9.64 Å². The standard InChI is InChI=1S/C66H84N4O2S4/c1-7-9-11-13-15-17-19-21-23-25-27-29-31-41-66(42-32-30-28-26-24-22-20-18-16-14-12-10-8-2)58-61-56(44-51(74-61)38-35-48-33-36-50(37-34-48)70(5)6)76-63(58)62-57(64(66)71)60-55(75-62)43-52(73-60)39-40-54-53(47-69)59(49(45-67)46-68)72-65(54,3)4/h33-40,43-44H,7-32,41-42H2,1-6H3/b38-35+,40-39+.